The van der Waals surface area contributed by atoms with Crippen LogP contribution in [0, 0.1) is 5.82 Å². The van der Waals surface area contributed by atoms with Gasteiger partial charge < -0.3 is 15.4 Å². The molecule has 0 spiro atoms. The Bertz CT molecular complexity index is 848. The summed E-state index contributed by atoms with van der Waals surface area (Å²) in [5.74, 6) is 0.0161. The summed E-state index contributed by atoms with van der Waals surface area (Å²) in [7, 11) is 0. The fourth-order valence-corrected chi connectivity index (χ4v) is 2.76. The van der Waals surface area contributed by atoms with Crippen molar-refractivity contribution in [2.24, 2.45) is 0 Å². The van der Waals surface area contributed by atoms with E-state index in [9.17, 15) is 14.3 Å². The average Bonchev–Trinajstić information content (AvgIpc) is 3.05. The van der Waals surface area contributed by atoms with E-state index in [4.69, 9.17) is 0 Å². The van der Waals surface area contributed by atoms with Gasteiger partial charge in [-0.15, -0.1) is 0 Å². The number of nitrogens with zero attached hydrogens (tertiary/aromatic N) is 1. The van der Waals surface area contributed by atoms with Gasteiger partial charge in [-0.05, 0) is 24.1 Å². The summed E-state index contributed by atoms with van der Waals surface area (Å²) in [4.78, 5) is 19.3. The summed E-state index contributed by atoms with van der Waals surface area (Å²) in [5.41, 5.74) is 1.96. The second-order valence-corrected chi connectivity index (χ2v) is 5.96. The number of aromatic amines is 1. The molecule has 1 heterocycles. The van der Waals surface area contributed by atoms with Gasteiger partial charge in [0.15, 0.2) is 5.82 Å². The first-order valence-electron chi connectivity index (χ1n) is 8.23. The molecule has 25 heavy (non-hydrogen) atoms. The molecule has 3 N–H and O–H groups in total. The van der Waals surface area contributed by atoms with E-state index in [-0.39, 0.29) is 36.3 Å². The molecule has 1 atom stereocenters. The zero-order valence-corrected chi connectivity index (χ0v) is 13.7. The third-order valence-corrected chi connectivity index (χ3v) is 4.01. The molecule has 1 unspecified atom stereocenters. The molecule has 0 bridgehead atoms. The van der Waals surface area contributed by atoms with Crippen LogP contribution in [-0.4, -0.2) is 33.6 Å². The SMILES string of the molecule is O=C(CCc1nc2c(F)cccc2[nH]1)NC(CO)Cc1ccccc1. The van der Waals surface area contributed by atoms with Crippen LogP contribution in [-0.2, 0) is 17.6 Å². The molecule has 0 aliphatic heterocycles. The van der Waals surface area contributed by atoms with E-state index >= 15 is 0 Å². The van der Waals surface area contributed by atoms with Gasteiger partial charge in [0.1, 0.15) is 11.3 Å². The number of amides is 1. The van der Waals surface area contributed by atoms with Crippen LogP contribution >= 0.6 is 0 Å². The predicted octanol–water partition coefficient (Wildman–Crippen LogP) is 2.35. The molecule has 0 saturated heterocycles. The smallest absolute Gasteiger partial charge is 0.220 e. The normalized spacial score (nSPS) is 12.2. The summed E-state index contributed by atoms with van der Waals surface area (Å²) in [6.45, 7) is -0.128. The molecule has 0 radical (unpaired) electrons. The van der Waals surface area contributed by atoms with Crippen molar-refractivity contribution >= 4 is 16.9 Å². The number of carbonyl (C=O) groups is 1. The molecule has 1 amide bonds. The van der Waals surface area contributed by atoms with Gasteiger partial charge in [0.05, 0.1) is 18.2 Å². The van der Waals surface area contributed by atoms with Gasteiger partial charge in [-0.3, -0.25) is 4.79 Å². The van der Waals surface area contributed by atoms with Crippen LogP contribution in [0.5, 0.6) is 0 Å². The summed E-state index contributed by atoms with van der Waals surface area (Å²) >= 11 is 0. The lowest BCUT2D eigenvalue weighted by molar-refractivity contribution is -0.122. The van der Waals surface area contributed by atoms with E-state index in [2.05, 4.69) is 15.3 Å². The topological polar surface area (TPSA) is 78.0 Å². The zero-order valence-electron chi connectivity index (χ0n) is 13.7. The molecule has 3 aromatic rings. The Morgan fingerprint density at radius 1 is 1.20 bits per heavy atom. The molecule has 130 valence electrons. The monoisotopic (exact) mass is 341 g/mol. The van der Waals surface area contributed by atoms with E-state index in [1.165, 1.54) is 6.07 Å². The molecule has 5 nitrogen and oxygen atoms in total. The number of hydrogen-bond donors (Lipinski definition) is 3. The predicted molar refractivity (Wildman–Crippen MR) is 93.5 cm³/mol. The Morgan fingerprint density at radius 2 is 2.00 bits per heavy atom. The number of benzene rings is 2. The molecular weight excluding hydrogens is 321 g/mol. The minimum atomic E-state index is -0.382. The lowest BCUT2D eigenvalue weighted by Gasteiger charge is -2.16. The largest absolute Gasteiger partial charge is 0.394 e. The number of aryl methyl sites for hydroxylation is 1. The van der Waals surface area contributed by atoms with Crippen LogP contribution in [0.2, 0.25) is 0 Å². The first kappa shape index (κ1) is 17.1. The van der Waals surface area contributed by atoms with Gasteiger partial charge >= 0.3 is 0 Å². The Morgan fingerprint density at radius 3 is 2.72 bits per heavy atom. The maximum absolute atomic E-state index is 13.6. The van der Waals surface area contributed by atoms with Gasteiger partial charge in [0.25, 0.3) is 0 Å². The van der Waals surface area contributed by atoms with Crippen LogP contribution in [0.15, 0.2) is 48.5 Å². The van der Waals surface area contributed by atoms with Crippen molar-refractivity contribution in [1.29, 1.82) is 0 Å². The highest BCUT2D eigenvalue weighted by atomic mass is 19.1. The molecule has 6 heteroatoms. The van der Waals surface area contributed by atoms with E-state index in [0.29, 0.717) is 24.2 Å². The first-order chi connectivity index (χ1) is 12.2. The van der Waals surface area contributed by atoms with Crippen LogP contribution in [0.4, 0.5) is 4.39 Å². The van der Waals surface area contributed by atoms with Crippen LogP contribution in [0.25, 0.3) is 11.0 Å². The van der Waals surface area contributed by atoms with Crippen molar-refractivity contribution in [3.05, 3.63) is 65.7 Å². The maximum Gasteiger partial charge on any atom is 0.220 e. The number of hydrogen-bond acceptors (Lipinski definition) is 3. The summed E-state index contributed by atoms with van der Waals surface area (Å²) < 4.78 is 13.6. The standard InChI is InChI=1S/C19H20FN3O2/c20-15-7-4-8-16-19(15)23-17(22-16)9-10-18(25)21-14(12-24)11-13-5-2-1-3-6-13/h1-8,14,24H,9-12H2,(H,21,25)(H,22,23). The van der Waals surface area contributed by atoms with E-state index in [1.54, 1.807) is 12.1 Å². The van der Waals surface area contributed by atoms with Crippen molar-refractivity contribution in [2.45, 2.75) is 25.3 Å². The molecular formula is C19H20FN3O2. The van der Waals surface area contributed by atoms with Crippen molar-refractivity contribution in [1.82, 2.24) is 15.3 Å². The Kier molecular flexibility index (Phi) is 5.40. The van der Waals surface area contributed by atoms with Crippen molar-refractivity contribution in [3.63, 3.8) is 0 Å². The fourth-order valence-electron chi connectivity index (χ4n) is 2.76. The number of fused-ring (bicyclic) bond motifs is 1. The summed E-state index contributed by atoms with van der Waals surface area (Å²) in [6.07, 6.45) is 1.16. The Hall–Kier alpha value is -2.73. The number of imidazole rings is 1. The van der Waals surface area contributed by atoms with Gasteiger partial charge in [0.2, 0.25) is 5.91 Å². The number of carbonyl (C=O) groups excluding carboxylic acids is 1. The molecule has 3 rings (SSSR count). The molecule has 0 aliphatic rings. The summed E-state index contributed by atoms with van der Waals surface area (Å²) in [6, 6.07) is 14.1. The third-order valence-electron chi connectivity index (χ3n) is 4.01. The van der Waals surface area contributed by atoms with Crippen molar-refractivity contribution < 1.29 is 14.3 Å². The van der Waals surface area contributed by atoms with Crippen molar-refractivity contribution in [3.8, 4) is 0 Å². The van der Waals surface area contributed by atoms with Gasteiger partial charge in [-0.1, -0.05) is 36.4 Å². The maximum atomic E-state index is 13.6. The van der Waals surface area contributed by atoms with Crippen LogP contribution in [0.1, 0.15) is 17.8 Å². The number of nitrogens with one attached hydrogen (secondary N) is 2. The quantitative estimate of drug-likeness (QED) is 0.617. The summed E-state index contributed by atoms with van der Waals surface area (Å²) in [5, 5.41) is 12.3. The molecule has 0 fully saturated rings. The Balaban J connectivity index is 1.55. The van der Waals surface area contributed by atoms with Crippen molar-refractivity contribution in [2.75, 3.05) is 6.61 Å². The minimum Gasteiger partial charge on any atom is -0.394 e. The highest BCUT2D eigenvalue weighted by Gasteiger charge is 2.13. The van der Waals surface area contributed by atoms with Gasteiger partial charge in [-0.2, -0.15) is 0 Å². The number of rotatable bonds is 7. The highest BCUT2D eigenvalue weighted by Crippen LogP contribution is 2.15. The number of aliphatic hydroxyl groups excluding tert-OH is 1. The highest BCUT2D eigenvalue weighted by molar-refractivity contribution is 5.77. The van der Waals surface area contributed by atoms with Gasteiger partial charge in [-0.25, -0.2) is 9.37 Å². The number of H-pyrrole nitrogens is 1. The number of aromatic nitrogens is 2. The number of halogens is 1. The van der Waals surface area contributed by atoms with Gasteiger partial charge in [0, 0.05) is 12.8 Å². The molecule has 0 aliphatic carbocycles. The first-order valence-corrected chi connectivity index (χ1v) is 8.23. The van der Waals surface area contributed by atoms with E-state index < -0.39 is 0 Å². The lowest BCUT2D eigenvalue weighted by atomic mass is 10.1. The van der Waals surface area contributed by atoms with E-state index in [1.807, 2.05) is 30.3 Å². The second kappa shape index (κ2) is 7.90. The number of para-hydroxylation sites is 1. The minimum absolute atomic E-state index is 0.128. The Labute approximate surface area is 144 Å². The third kappa shape index (κ3) is 4.42. The molecule has 2 aromatic carbocycles. The van der Waals surface area contributed by atoms with Crippen LogP contribution < -0.4 is 5.32 Å². The lowest BCUT2D eigenvalue weighted by Crippen LogP contribution is -2.39. The average molecular weight is 341 g/mol. The molecule has 1 aromatic heterocycles. The van der Waals surface area contributed by atoms with E-state index in [0.717, 1.165) is 5.56 Å². The fraction of sp³-hybridized carbons (Fsp3) is 0.263. The second-order valence-electron chi connectivity index (χ2n) is 5.96. The number of aliphatic hydroxyl groups is 1. The zero-order chi connectivity index (χ0) is 17.6. The van der Waals surface area contributed by atoms with Crippen LogP contribution in [0.3, 0.4) is 0 Å². The molecule has 0 saturated carbocycles.